The van der Waals surface area contributed by atoms with Gasteiger partial charge in [-0.1, -0.05) is 0 Å². The summed E-state index contributed by atoms with van der Waals surface area (Å²) in [6.45, 7) is 1.49. The second-order valence-corrected chi connectivity index (χ2v) is 5.24. The zero-order valence-corrected chi connectivity index (χ0v) is 12.8. The van der Waals surface area contributed by atoms with E-state index < -0.39 is 0 Å². The summed E-state index contributed by atoms with van der Waals surface area (Å²) in [6, 6.07) is 4.33. The van der Waals surface area contributed by atoms with Gasteiger partial charge < -0.3 is 9.47 Å². The van der Waals surface area contributed by atoms with Crippen LogP contribution in [0.4, 0.5) is 0 Å². The van der Waals surface area contributed by atoms with E-state index in [-0.39, 0.29) is 0 Å². The summed E-state index contributed by atoms with van der Waals surface area (Å²) < 4.78 is 10.3. The predicted octanol–water partition coefficient (Wildman–Crippen LogP) is 1.45. The van der Waals surface area contributed by atoms with Crippen LogP contribution in [0.3, 0.4) is 0 Å². The molecule has 0 aliphatic heterocycles. The van der Waals surface area contributed by atoms with Crippen molar-refractivity contribution >= 4 is 0 Å². The highest BCUT2D eigenvalue weighted by Gasteiger charge is 2.29. The summed E-state index contributed by atoms with van der Waals surface area (Å²) >= 11 is 0. The lowest BCUT2D eigenvalue weighted by Crippen LogP contribution is -2.26. The normalized spacial score (nSPS) is 14.1. The Hall–Kier alpha value is -2.28. The Labute approximate surface area is 129 Å². The van der Waals surface area contributed by atoms with Gasteiger partial charge in [0.05, 0.1) is 25.6 Å². The monoisotopic (exact) mass is 301 g/mol. The molecule has 2 heterocycles. The van der Waals surface area contributed by atoms with E-state index in [2.05, 4.69) is 24.8 Å². The third kappa shape index (κ3) is 3.67. The lowest BCUT2D eigenvalue weighted by molar-refractivity contribution is 0.238. The zero-order valence-electron chi connectivity index (χ0n) is 12.8. The molecule has 0 radical (unpaired) electrons. The molecular formula is C15H19N5O2. The lowest BCUT2D eigenvalue weighted by atomic mass is 10.3. The number of aromatic nitrogens is 4. The highest BCUT2D eigenvalue weighted by molar-refractivity contribution is 5.16. The fraction of sp³-hybridized carbons (Fsp3) is 0.467. The first-order valence-corrected chi connectivity index (χ1v) is 7.22. The van der Waals surface area contributed by atoms with Gasteiger partial charge in [-0.3, -0.25) is 4.90 Å². The van der Waals surface area contributed by atoms with E-state index in [9.17, 15) is 0 Å². The predicted molar refractivity (Wildman–Crippen MR) is 79.4 cm³/mol. The molecule has 1 fully saturated rings. The number of methoxy groups -OCH3 is 2. The van der Waals surface area contributed by atoms with Crippen LogP contribution in [-0.2, 0) is 13.1 Å². The average molecular weight is 301 g/mol. The topological polar surface area (TPSA) is 73.3 Å². The van der Waals surface area contributed by atoms with Gasteiger partial charge in [0, 0.05) is 31.3 Å². The average Bonchev–Trinajstić information content (AvgIpc) is 3.39. The van der Waals surface area contributed by atoms with Crippen molar-refractivity contribution in [3.05, 3.63) is 36.2 Å². The van der Waals surface area contributed by atoms with Crippen molar-refractivity contribution < 1.29 is 9.47 Å². The van der Waals surface area contributed by atoms with Gasteiger partial charge in [0.25, 0.3) is 0 Å². The van der Waals surface area contributed by atoms with Crippen LogP contribution in [-0.4, -0.2) is 45.1 Å². The second kappa shape index (κ2) is 6.65. The molecule has 0 unspecified atom stereocenters. The van der Waals surface area contributed by atoms with E-state index in [0.29, 0.717) is 17.8 Å². The quantitative estimate of drug-likeness (QED) is 0.766. The van der Waals surface area contributed by atoms with E-state index in [1.165, 1.54) is 25.5 Å². The molecule has 1 aliphatic carbocycles. The third-order valence-corrected chi connectivity index (χ3v) is 3.61. The molecule has 7 nitrogen and oxygen atoms in total. The Balaban J connectivity index is 1.72. The summed E-state index contributed by atoms with van der Waals surface area (Å²) in [7, 11) is 3.22. The van der Waals surface area contributed by atoms with Gasteiger partial charge >= 0.3 is 0 Å². The summed E-state index contributed by atoms with van der Waals surface area (Å²) in [5.74, 6) is 1.17. The molecule has 0 saturated heterocycles. The molecule has 0 bridgehead atoms. The number of hydrogen-bond donors (Lipinski definition) is 0. The largest absolute Gasteiger partial charge is 0.481 e. The van der Waals surface area contributed by atoms with E-state index in [4.69, 9.17) is 9.47 Å². The number of rotatable bonds is 7. The maximum atomic E-state index is 5.15. The number of nitrogens with zero attached hydrogens (tertiary/aromatic N) is 5. The van der Waals surface area contributed by atoms with Gasteiger partial charge in [0.1, 0.15) is 12.7 Å². The fourth-order valence-electron chi connectivity index (χ4n) is 2.32. The van der Waals surface area contributed by atoms with Gasteiger partial charge in [0.15, 0.2) is 0 Å². The molecule has 7 heteroatoms. The van der Waals surface area contributed by atoms with Gasteiger partial charge in [-0.2, -0.15) is 0 Å². The highest BCUT2D eigenvalue weighted by atomic mass is 16.5. The molecule has 0 spiro atoms. The van der Waals surface area contributed by atoms with Crippen molar-refractivity contribution in [1.82, 2.24) is 24.8 Å². The van der Waals surface area contributed by atoms with E-state index in [0.717, 1.165) is 24.5 Å². The molecule has 1 aliphatic rings. The van der Waals surface area contributed by atoms with Gasteiger partial charge in [-0.25, -0.2) is 19.9 Å². The Kier molecular flexibility index (Phi) is 4.43. The molecule has 0 atom stereocenters. The highest BCUT2D eigenvalue weighted by Crippen LogP contribution is 2.29. The first kappa shape index (κ1) is 14.6. The van der Waals surface area contributed by atoms with Gasteiger partial charge in [0.2, 0.25) is 11.8 Å². The van der Waals surface area contributed by atoms with Crippen LogP contribution in [0.1, 0.15) is 24.2 Å². The Morgan fingerprint density at radius 3 is 1.82 bits per heavy atom. The number of hydrogen-bond acceptors (Lipinski definition) is 7. The molecule has 2 aromatic heterocycles. The zero-order chi connectivity index (χ0) is 15.4. The minimum Gasteiger partial charge on any atom is -0.481 e. The first-order chi connectivity index (χ1) is 10.8. The summed E-state index contributed by atoms with van der Waals surface area (Å²) in [6.07, 6.45) is 5.49. The molecule has 3 rings (SSSR count). The van der Waals surface area contributed by atoms with E-state index >= 15 is 0 Å². The van der Waals surface area contributed by atoms with Crippen LogP contribution in [0.25, 0.3) is 0 Å². The standard InChI is InChI=1S/C15H19N5O2/c1-21-14-5-11(16-9-18-14)7-20(13-3-4-13)8-12-6-15(22-2)19-10-17-12/h5-6,9-10,13H,3-4,7-8H2,1-2H3. The maximum absolute atomic E-state index is 5.15. The minimum absolute atomic E-state index is 0.585. The summed E-state index contributed by atoms with van der Waals surface area (Å²) in [5, 5.41) is 0. The number of ether oxygens (including phenoxy) is 2. The minimum atomic E-state index is 0.585. The van der Waals surface area contributed by atoms with Crippen LogP contribution in [0.5, 0.6) is 11.8 Å². The molecular weight excluding hydrogens is 282 g/mol. The van der Waals surface area contributed by atoms with E-state index in [1.54, 1.807) is 14.2 Å². The van der Waals surface area contributed by atoms with Gasteiger partial charge in [-0.05, 0) is 12.8 Å². The van der Waals surface area contributed by atoms with Crippen LogP contribution in [0, 0.1) is 0 Å². The molecule has 0 aromatic carbocycles. The van der Waals surface area contributed by atoms with Crippen molar-refractivity contribution in [3.63, 3.8) is 0 Å². The Morgan fingerprint density at radius 2 is 1.41 bits per heavy atom. The Morgan fingerprint density at radius 1 is 0.909 bits per heavy atom. The molecule has 116 valence electrons. The maximum Gasteiger partial charge on any atom is 0.216 e. The molecule has 22 heavy (non-hydrogen) atoms. The summed E-state index contributed by atoms with van der Waals surface area (Å²) in [5.41, 5.74) is 1.89. The van der Waals surface area contributed by atoms with Crippen molar-refractivity contribution in [1.29, 1.82) is 0 Å². The van der Waals surface area contributed by atoms with Crippen molar-refractivity contribution in [2.24, 2.45) is 0 Å². The smallest absolute Gasteiger partial charge is 0.216 e. The lowest BCUT2D eigenvalue weighted by Gasteiger charge is -2.21. The van der Waals surface area contributed by atoms with Crippen molar-refractivity contribution in [2.75, 3.05) is 14.2 Å². The van der Waals surface area contributed by atoms with Crippen LogP contribution in [0.15, 0.2) is 24.8 Å². The fourth-order valence-corrected chi connectivity index (χ4v) is 2.32. The Bertz CT molecular complexity index is 583. The second-order valence-electron chi connectivity index (χ2n) is 5.24. The van der Waals surface area contributed by atoms with Crippen LogP contribution < -0.4 is 9.47 Å². The molecule has 0 N–H and O–H groups in total. The van der Waals surface area contributed by atoms with Crippen molar-refractivity contribution in [3.8, 4) is 11.8 Å². The SMILES string of the molecule is COc1cc(CN(Cc2cc(OC)ncn2)C2CC2)ncn1. The molecule has 0 amide bonds. The molecule has 1 saturated carbocycles. The first-order valence-electron chi connectivity index (χ1n) is 7.22. The molecule has 2 aromatic rings. The summed E-state index contributed by atoms with van der Waals surface area (Å²) in [4.78, 5) is 19.1. The van der Waals surface area contributed by atoms with Crippen LogP contribution >= 0.6 is 0 Å². The van der Waals surface area contributed by atoms with Crippen molar-refractivity contribution in [2.45, 2.75) is 32.0 Å². The van der Waals surface area contributed by atoms with Gasteiger partial charge in [-0.15, -0.1) is 0 Å². The van der Waals surface area contributed by atoms with E-state index in [1.807, 2.05) is 12.1 Å². The third-order valence-electron chi connectivity index (χ3n) is 3.61. The van der Waals surface area contributed by atoms with Crippen LogP contribution in [0.2, 0.25) is 0 Å².